The Labute approximate surface area is 151 Å². The van der Waals surface area contributed by atoms with Crippen LogP contribution in [0.2, 0.25) is 0 Å². The first kappa shape index (κ1) is 18.4. The van der Waals surface area contributed by atoms with Crippen molar-refractivity contribution in [2.45, 2.75) is 51.3 Å². The van der Waals surface area contributed by atoms with E-state index in [-0.39, 0.29) is 11.8 Å². The molecule has 0 atom stereocenters. The number of aryl methyl sites for hydroxylation is 3. The van der Waals surface area contributed by atoms with Crippen molar-refractivity contribution in [1.82, 2.24) is 9.21 Å². The van der Waals surface area contributed by atoms with Gasteiger partial charge in [0.05, 0.1) is 4.90 Å². The lowest BCUT2D eigenvalue weighted by molar-refractivity contribution is -0.136. The molecule has 1 aliphatic carbocycles. The lowest BCUT2D eigenvalue weighted by Gasteiger charge is -2.35. The fourth-order valence-corrected chi connectivity index (χ4v) is 6.12. The molecule has 0 unspecified atom stereocenters. The maximum absolute atomic E-state index is 13.1. The molecule has 1 saturated carbocycles. The highest BCUT2D eigenvalue weighted by atomic mass is 32.2. The fraction of sp³-hybridized carbons (Fsp3) is 0.632. The summed E-state index contributed by atoms with van der Waals surface area (Å²) < 4.78 is 27.7. The molecule has 1 aliphatic heterocycles. The average molecular weight is 365 g/mol. The van der Waals surface area contributed by atoms with E-state index < -0.39 is 10.0 Å². The molecule has 6 heteroatoms. The Morgan fingerprint density at radius 2 is 1.48 bits per heavy atom. The predicted molar refractivity (Wildman–Crippen MR) is 97.9 cm³/mol. The van der Waals surface area contributed by atoms with E-state index in [0.29, 0.717) is 31.1 Å². The minimum absolute atomic E-state index is 0.157. The number of amides is 1. The summed E-state index contributed by atoms with van der Waals surface area (Å²) in [6.07, 6.45) is 4.24. The van der Waals surface area contributed by atoms with Crippen molar-refractivity contribution in [2.24, 2.45) is 5.92 Å². The SMILES string of the molecule is Cc1cc(C)c(S(=O)(=O)N2CCN(C(=O)C3CCCC3)CC2)c(C)c1. The summed E-state index contributed by atoms with van der Waals surface area (Å²) in [7, 11) is -3.51. The third-order valence-corrected chi connectivity index (χ3v) is 7.66. The van der Waals surface area contributed by atoms with Gasteiger partial charge in [-0.3, -0.25) is 4.79 Å². The summed E-state index contributed by atoms with van der Waals surface area (Å²) in [6, 6.07) is 3.83. The van der Waals surface area contributed by atoms with E-state index in [1.54, 1.807) is 0 Å². The molecule has 0 aromatic heterocycles. The van der Waals surface area contributed by atoms with E-state index in [4.69, 9.17) is 0 Å². The van der Waals surface area contributed by atoms with Crippen molar-refractivity contribution in [3.63, 3.8) is 0 Å². The molecule has 1 amide bonds. The molecule has 25 heavy (non-hydrogen) atoms. The standard InChI is InChI=1S/C19H28N2O3S/c1-14-12-15(2)18(16(3)13-14)25(23,24)21-10-8-20(9-11-21)19(22)17-6-4-5-7-17/h12-13,17H,4-11H2,1-3H3. The second-order valence-corrected chi connectivity index (χ2v) is 9.31. The highest BCUT2D eigenvalue weighted by Gasteiger charge is 2.34. The second-order valence-electron chi connectivity index (χ2n) is 7.44. The van der Waals surface area contributed by atoms with Gasteiger partial charge in [-0.1, -0.05) is 30.5 Å². The largest absolute Gasteiger partial charge is 0.340 e. The monoisotopic (exact) mass is 364 g/mol. The Morgan fingerprint density at radius 1 is 0.960 bits per heavy atom. The Morgan fingerprint density at radius 3 is 2.00 bits per heavy atom. The Hall–Kier alpha value is -1.40. The zero-order valence-corrected chi connectivity index (χ0v) is 16.2. The predicted octanol–water partition coefficient (Wildman–Crippen LogP) is 2.63. The van der Waals surface area contributed by atoms with Gasteiger partial charge in [0.2, 0.25) is 15.9 Å². The third-order valence-electron chi connectivity index (χ3n) is 5.46. The van der Waals surface area contributed by atoms with E-state index in [1.807, 2.05) is 37.8 Å². The van der Waals surface area contributed by atoms with Crippen LogP contribution >= 0.6 is 0 Å². The molecule has 2 aliphatic rings. The molecule has 1 aromatic carbocycles. The molecular formula is C19H28N2O3S. The second kappa shape index (κ2) is 7.08. The highest BCUT2D eigenvalue weighted by molar-refractivity contribution is 7.89. The van der Waals surface area contributed by atoms with E-state index in [9.17, 15) is 13.2 Å². The molecule has 1 saturated heterocycles. The zero-order chi connectivity index (χ0) is 18.2. The minimum atomic E-state index is -3.51. The first-order valence-corrected chi connectivity index (χ1v) is 10.6. The first-order chi connectivity index (χ1) is 11.8. The summed E-state index contributed by atoms with van der Waals surface area (Å²) in [4.78, 5) is 14.8. The smallest absolute Gasteiger partial charge is 0.243 e. The van der Waals surface area contributed by atoms with Crippen LogP contribution in [0.15, 0.2) is 17.0 Å². The van der Waals surface area contributed by atoms with Crippen LogP contribution < -0.4 is 0 Å². The van der Waals surface area contributed by atoms with Gasteiger partial charge in [0.1, 0.15) is 0 Å². The summed E-state index contributed by atoms with van der Waals surface area (Å²) in [6.45, 7) is 7.45. The molecule has 1 aromatic rings. The molecular weight excluding hydrogens is 336 g/mol. The summed E-state index contributed by atoms with van der Waals surface area (Å²) in [5.41, 5.74) is 2.66. The third kappa shape index (κ3) is 3.60. The Balaban J connectivity index is 1.73. The van der Waals surface area contributed by atoms with Gasteiger partial charge in [0, 0.05) is 32.1 Å². The normalized spacial score (nSPS) is 20.2. The number of carbonyl (C=O) groups is 1. The van der Waals surface area contributed by atoms with E-state index in [0.717, 1.165) is 42.4 Å². The summed E-state index contributed by atoms with van der Waals surface area (Å²) in [5.74, 6) is 0.377. The number of piperazine rings is 1. The maximum atomic E-state index is 13.1. The lowest BCUT2D eigenvalue weighted by atomic mass is 10.1. The molecule has 2 fully saturated rings. The fourth-order valence-electron chi connectivity index (χ4n) is 4.28. The molecule has 1 heterocycles. The van der Waals surface area contributed by atoms with Crippen molar-refractivity contribution in [1.29, 1.82) is 0 Å². The van der Waals surface area contributed by atoms with Crippen LogP contribution in [0.5, 0.6) is 0 Å². The van der Waals surface area contributed by atoms with Gasteiger partial charge in [-0.05, 0) is 44.7 Å². The molecule has 0 bridgehead atoms. The quantitative estimate of drug-likeness (QED) is 0.828. The lowest BCUT2D eigenvalue weighted by Crippen LogP contribution is -2.51. The van der Waals surface area contributed by atoms with Crippen LogP contribution in [-0.4, -0.2) is 49.7 Å². The van der Waals surface area contributed by atoms with Crippen LogP contribution in [-0.2, 0) is 14.8 Å². The zero-order valence-electron chi connectivity index (χ0n) is 15.4. The van der Waals surface area contributed by atoms with Crippen LogP contribution in [0, 0.1) is 26.7 Å². The van der Waals surface area contributed by atoms with Crippen molar-refractivity contribution in [3.8, 4) is 0 Å². The van der Waals surface area contributed by atoms with Gasteiger partial charge in [-0.25, -0.2) is 8.42 Å². The van der Waals surface area contributed by atoms with Crippen molar-refractivity contribution in [2.75, 3.05) is 26.2 Å². The topological polar surface area (TPSA) is 57.7 Å². The molecule has 3 rings (SSSR count). The minimum Gasteiger partial charge on any atom is -0.340 e. The van der Waals surface area contributed by atoms with Crippen molar-refractivity contribution in [3.05, 3.63) is 28.8 Å². The van der Waals surface area contributed by atoms with Gasteiger partial charge in [0.25, 0.3) is 0 Å². The van der Waals surface area contributed by atoms with Crippen molar-refractivity contribution >= 4 is 15.9 Å². The molecule has 138 valence electrons. The van der Waals surface area contributed by atoms with Crippen LogP contribution in [0.1, 0.15) is 42.4 Å². The van der Waals surface area contributed by atoms with Crippen LogP contribution in [0.25, 0.3) is 0 Å². The molecule has 5 nitrogen and oxygen atoms in total. The highest BCUT2D eigenvalue weighted by Crippen LogP contribution is 2.29. The number of benzene rings is 1. The van der Waals surface area contributed by atoms with Crippen LogP contribution in [0.3, 0.4) is 0 Å². The van der Waals surface area contributed by atoms with E-state index in [1.165, 1.54) is 4.31 Å². The van der Waals surface area contributed by atoms with E-state index >= 15 is 0 Å². The number of sulfonamides is 1. The number of rotatable bonds is 3. The molecule has 0 radical (unpaired) electrons. The number of nitrogens with zero attached hydrogens (tertiary/aromatic N) is 2. The Kier molecular flexibility index (Phi) is 5.21. The van der Waals surface area contributed by atoms with Gasteiger partial charge >= 0.3 is 0 Å². The van der Waals surface area contributed by atoms with Gasteiger partial charge in [0.15, 0.2) is 0 Å². The van der Waals surface area contributed by atoms with Crippen LogP contribution in [0.4, 0.5) is 0 Å². The number of hydrogen-bond donors (Lipinski definition) is 0. The van der Waals surface area contributed by atoms with Gasteiger partial charge in [-0.15, -0.1) is 0 Å². The van der Waals surface area contributed by atoms with Gasteiger partial charge in [-0.2, -0.15) is 4.31 Å². The summed E-state index contributed by atoms with van der Waals surface area (Å²) in [5, 5.41) is 0. The molecule has 0 spiro atoms. The number of carbonyl (C=O) groups excluding carboxylic acids is 1. The maximum Gasteiger partial charge on any atom is 0.243 e. The van der Waals surface area contributed by atoms with E-state index in [2.05, 4.69) is 0 Å². The van der Waals surface area contributed by atoms with Gasteiger partial charge < -0.3 is 4.90 Å². The first-order valence-electron chi connectivity index (χ1n) is 9.17. The molecule has 0 N–H and O–H groups in total. The average Bonchev–Trinajstić information content (AvgIpc) is 3.07. The summed E-state index contributed by atoms with van der Waals surface area (Å²) >= 11 is 0. The number of hydrogen-bond acceptors (Lipinski definition) is 3. The van der Waals surface area contributed by atoms with Crippen molar-refractivity contribution < 1.29 is 13.2 Å². The Bertz CT molecular complexity index is 736.